The van der Waals surface area contributed by atoms with Crippen LogP contribution in [0.5, 0.6) is 0 Å². The van der Waals surface area contributed by atoms with Crippen LogP contribution in [0.15, 0.2) is 23.9 Å². The van der Waals surface area contributed by atoms with E-state index in [2.05, 4.69) is 23.7 Å². The maximum absolute atomic E-state index is 12.1. The van der Waals surface area contributed by atoms with Crippen molar-refractivity contribution in [1.29, 1.82) is 0 Å². The molecule has 19 heavy (non-hydrogen) atoms. The molecular weight excluding hydrogens is 240 g/mol. The van der Waals surface area contributed by atoms with E-state index in [4.69, 9.17) is 4.74 Å². The predicted octanol–water partition coefficient (Wildman–Crippen LogP) is 2.25. The zero-order chi connectivity index (χ0) is 13.9. The number of rotatable bonds is 3. The number of carbonyl (C=O) groups excluding carboxylic acids is 1. The van der Waals surface area contributed by atoms with Crippen LogP contribution in [0.4, 0.5) is 0 Å². The number of allylic oxidation sites excluding steroid dienone is 3. The Hall–Kier alpha value is -1.29. The monoisotopic (exact) mass is 264 g/mol. The molecule has 0 aliphatic carbocycles. The lowest BCUT2D eigenvalue weighted by atomic mass is 9.96. The third-order valence-corrected chi connectivity index (χ3v) is 3.50. The molecule has 2 aliphatic heterocycles. The van der Waals surface area contributed by atoms with Gasteiger partial charge in [-0.15, -0.1) is 0 Å². The molecule has 0 saturated carbocycles. The van der Waals surface area contributed by atoms with Crippen molar-refractivity contribution >= 4 is 5.91 Å². The Bertz CT molecular complexity index is 387. The van der Waals surface area contributed by atoms with E-state index in [0.717, 1.165) is 32.6 Å². The van der Waals surface area contributed by atoms with Crippen LogP contribution in [0.25, 0.3) is 0 Å². The highest BCUT2D eigenvalue weighted by Gasteiger charge is 2.26. The fourth-order valence-corrected chi connectivity index (χ4v) is 2.18. The first-order chi connectivity index (χ1) is 8.97. The number of carbonyl (C=O) groups is 1. The van der Waals surface area contributed by atoms with Crippen molar-refractivity contribution in [2.24, 2.45) is 11.3 Å². The summed E-state index contributed by atoms with van der Waals surface area (Å²) in [4.78, 5) is 12.1. The highest BCUT2D eigenvalue weighted by atomic mass is 16.5. The number of hydrogen-bond acceptors (Lipinski definition) is 3. The average Bonchev–Trinajstić information content (AvgIpc) is 2.83. The first kappa shape index (κ1) is 14.1. The lowest BCUT2D eigenvalue weighted by molar-refractivity contribution is -0.132. The number of amides is 1. The second-order valence-corrected chi connectivity index (χ2v) is 6.32. The van der Waals surface area contributed by atoms with Gasteiger partial charge in [0.15, 0.2) is 0 Å². The Labute approximate surface area is 115 Å². The van der Waals surface area contributed by atoms with Gasteiger partial charge in [-0.3, -0.25) is 15.2 Å². The lowest BCUT2D eigenvalue weighted by Gasteiger charge is -2.32. The standard InChI is InChI=1S/C15H24N2O2/c1-15(2,3)14(18)16-17-8-5-4-6-13(17)10-12-7-9-19-11-12/h4-6,12H,7-11H2,1-3H3,(H,16,18). The molecule has 1 atom stereocenters. The third-order valence-electron chi connectivity index (χ3n) is 3.50. The van der Waals surface area contributed by atoms with Crippen LogP contribution in [-0.4, -0.2) is 30.7 Å². The van der Waals surface area contributed by atoms with Gasteiger partial charge in [-0.2, -0.15) is 0 Å². The molecule has 0 bridgehead atoms. The molecule has 0 aromatic rings. The molecule has 0 aromatic carbocycles. The number of hydrazine groups is 1. The van der Waals surface area contributed by atoms with E-state index >= 15 is 0 Å². The summed E-state index contributed by atoms with van der Waals surface area (Å²) in [6.45, 7) is 8.22. The van der Waals surface area contributed by atoms with Gasteiger partial charge < -0.3 is 4.74 Å². The van der Waals surface area contributed by atoms with E-state index in [0.29, 0.717) is 5.92 Å². The zero-order valence-corrected chi connectivity index (χ0v) is 12.1. The Morgan fingerprint density at radius 1 is 1.53 bits per heavy atom. The molecule has 0 aromatic heterocycles. The van der Waals surface area contributed by atoms with Crippen molar-refractivity contribution in [3.8, 4) is 0 Å². The molecule has 0 spiro atoms. The minimum atomic E-state index is -0.372. The number of nitrogens with zero attached hydrogens (tertiary/aromatic N) is 1. The quantitative estimate of drug-likeness (QED) is 0.850. The van der Waals surface area contributed by atoms with Crippen molar-refractivity contribution in [3.05, 3.63) is 23.9 Å². The Balaban J connectivity index is 1.96. The zero-order valence-electron chi connectivity index (χ0n) is 12.1. The number of nitrogens with one attached hydrogen (secondary N) is 1. The Kier molecular flexibility index (Phi) is 4.30. The van der Waals surface area contributed by atoms with Crippen molar-refractivity contribution in [1.82, 2.24) is 10.4 Å². The second-order valence-electron chi connectivity index (χ2n) is 6.32. The van der Waals surface area contributed by atoms with Gasteiger partial charge in [0.05, 0.1) is 6.54 Å². The molecule has 1 fully saturated rings. The lowest BCUT2D eigenvalue weighted by Crippen LogP contribution is -2.47. The number of ether oxygens (including phenoxy) is 1. The fraction of sp³-hybridized carbons (Fsp3) is 0.667. The van der Waals surface area contributed by atoms with Gasteiger partial charge in [-0.25, -0.2) is 0 Å². The van der Waals surface area contributed by atoms with Gasteiger partial charge in [0.25, 0.3) is 0 Å². The van der Waals surface area contributed by atoms with Crippen LogP contribution in [-0.2, 0) is 9.53 Å². The van der Waals surface area contributed by atoms with E-state index in [1.165, 1.54) is 5.70 Å². The normalized spacial score (nSPS) is 23.4. The SMILES string of the molecule is CC(C)(C)C(=O)NN1CC=CC=C1CC1CCOC1. The van der Waals surface area contributed by atoms with Gasteiger partial charge in [0.1, 0.15) is 0 Å². The predicted molar refractivity (Wildman–Crippen MR) is 75.1 cm³/mol. The second kappa shape index (κ2) is 5.78. The Morgan fingerprint density at radius 2 is 2.32 bits per heavy atom. The van der Waals surface area contributed by atoms with Crippen molar-refractivity contribution < 1.29 is 9.53 Å². The van der Waals surface area contributed by atoms with Gasteiger partial charge in [0.2, 0.25) is 5.91 Å². The summed E-state index contributed by atoms with van der Waals surface area (Å²) in [7, 11) is 0. The molecule has 4 nitrogen and oxygen atoms in total. The summed E-state index contributed by atoms with van der Waals surface area (Å²) in [5.74, 6) is 0.628. The van der Waals surface area contributed by atoms with E-state index in [-0.39, 0.29) is 11.3 Å². The highest BCUT2D eigenvalue weighted by Crippen LogP contribution is 2.24. The smallest absolute Gasteiger partial charge is 0.243 e. The topological polar surface area (TPSA) is 41.6 Å². The summed E-state index contributed by atoms with van der Waals surface area (Å²) in [6.07, 6.45) is 8.28. The van der Waals surface area contributed by atoms with Gasteiger partial charge in [-0.05, 0) is 24.8 Å². The molecule has 1 N–H and O–H groups in total. The van der Waals surface area contributed by atoms with Crippen LogP contribution in [0, 0.1) is 11.3 Å². The molecule has 106 valence electrons. The van der Waals surface area contributed by atoms with Crippen molar-refractivity contribution in [2.75, 3.05) is 19.8 Å². The summed E-state index contributed by atoms with van der Waals surface area (Å²) >= 11 is 0. The van der Waals surface area contributed by atoms with Gasteiger partial charge in [0, 0.05) is 24.3 Å². The summed E-state index contributed by atoms with van der Waals surface area (Å²) in [6, 6.07) is 0. The van der Waals surface area contributed by atoms with E-state index < -0.39 is 0 Å². The Morgan fingerprint density at radius 3 is 2.95 bits per heavy atom. The summed E-state index contributed by atoms with van der Waals surface area (Å²) in [5.41, 5.74) is 3.82. The molecule has 4 heteroatoms. The molecule has 1 amide bonds. The van der Waals surface area contributed by atoms with Crippen LogP contribution in [0.3, 0.4) is 0 Å². The summed E-state index contributed by atoms with van der Waals surface area (Å²) < 4.78 is 5.42. The maximum Gasteiger partial charge on any atom is 0.243 e. The van der Waals surface area contributed by atoms with E-state index in [9.17, 15) is 4.79 Å². The maximum atomic E-state index is 12.1. The van der Waals surface area contributed by atoms with E-state index in [1.54, 1.807) is 0 Å². The molecule has 2 heterocycles. The van der Waals surface area contributed by atoms with Gasteiger partial charge in [-0.1, -0.05) is 32.9 Å². The molecule has 1 unspecified atom stereocenters. The first-order valence-electron chi connectivity index (χ1n) is 6.99. The number of hydrogen-bond donors (Lipinski definition) is 1. The minimum Gasteiger partial charge on any atom is -0.381 e. The molecular formula is C15H24N2O2. The minimum absolute atomic E-state index is 0.0522. The fourth-order valence-electron chi connectivity index (χ4n) is 2.18. The van der Waals surface area contributed by atoms with Crippen molar-refractivity contribution in [2.45, 2.75) is 33.6 Å². The average molecular weight is 264 g/mol. The van der Waals surface area contributed by atoms with Crippen LogP contribution < -0.4 is 5.43 Å². The molecule has 0 radical (unpaired) electrons. The first-order valence-corrected chi connectivity index (χ1v) is 6.99. The van der Waals surface area contributed by atoms with Gasteiger partial charge >= 0.3 is 0 Å². The van der Waals surface area contributed by atoms with Crippen LogP contribution in [0.1, 0.15) is 33.6 Å². The third kappa shape index (κ3) is 3.83. The van der Waals surface area contributed by atoms with E-state index in [1.807, 2.05) is 25.8 Å². The highest BCUT2D eigenvalue weighted by molar-refractivity contribution is 5.81. The molecule has 2 aliphatic rings. The van der Waals surface area contributed by atoms with Crippen LogP contribution in [0.2, 0.25) is 0 Å². The van der Waals surface area contributed by atoms with Crippen molar-refractivity contribution in [3.63, 3.8) is 0 Å². The summed E-state index contributed by atoms with van der Waals surface area (Å²) in [5, 5.41) is 1.96. The largest absolute Gasteiger partial charge is 0.381 e. The molecule has 1 saturated heterocycles. The molecule has 2 rings (SSSR count). The van der Waals surface area contributed by atoms with Crippen LogP contribution >= 0.6 is 0 Å².